The SMILES string of the molecule is CC(CN(C)c1nc2c(cc1C(N)=O)CCC2)C(=O)O. The Morgan fingerprint density at radius 3 is 2.80 bits per heavy atom. The van der Waals surface area contributed by atoms with Crippen LogP contribution in [0.25, 0.3) is 0 Å². The van der Waals surface area contributed by atoms with Gasteiger partial charge in [0.2, 0.25) is 0 Å². The third kappa shape index (κ3) is 2.74. The van der Waals surface area contributed by atoms with Gasteiger partial charge in [-0.25, -0.2) is 4.98 Å². The van der Waals surface area contributed by atoms with Crippen LogP contribution in [0.15, 0.2) is 6.07 Å². The summed E-state index contributed by atoms with van der Waals surface area (Å²) in [5.41, 5.74) is 7.84. The van der Waals surface area contributed by atoms with E-state index >= 15 is 0 Å². The van der Waals surface area contributed by atoms with Gasteiger partial charge in [0, 0.05) is 19.3 Å². The molecule has 6 heteroatoms. The third-order valence-corrected chi connectivity index (χ3v) is 3.63. The second kappa shape index (κ2) is 5.48. The Morgan fingerprint density at radius 1 is 1.50 bits per heavy atom. The Balaban J connectivity index is 2.34. The van der Waals surface area contributed by atoms with Gasteiger partial charge in [-0.05, 0) is 30.9 Å². The fourth-order valence-electron chi connectivity index (χ4n) is 2.51. The number of pyridine rings is 1. The monoisotopic (exact) mass is 277 g/mol. The second-order valence-corrected chi connectivity index (χ2v) is 5.30. The number of amides is 1. The first-order valence-electron chi connectivity index (χ1n) is 6.66. The van der Waals surface area contributed by atoms with E-state index in [0.29, 0.717) is 11.4 Å². The van der Waals surface area contributed by atoms with Crippen molar-refractivity contribution in [1.29, 1.82) is 0 Å². The van der Waals surface area contributed by atoms with E-state index in [1.165, 1.54) is 0 Å². The highest BCUT2D eigenvalue weighted by molar-refractivity contribution is 5.98. The number of nitrogens with two attached hydrogens (primary N) is 1. The van der Waals surface area contributed by atoms with Gasteiger partial charge in [-0.1, -0.05) is 6.92 Å². The highest BCUT2D eigenvalue weighted by atomic mass is 16.4. The minimum absolute atomic E-state index is 0.279. The summed E-state index contributed by atoms with van der Waals surface area (Å²) in [6.07, 6.45) is 2.83. The van der Waals surface area contributed by atoms with Crippen molar-refractivity contribution in [1.82, 2.24) is 4.98 Å². The minimum Gasteiger partial charge on any atom is -0.481 e. The largest absolute Gasteiger partial charge is 0.481 e. The molecule has 3 N–H and O–H groups in total. The normalized spacial score (nSPS) is 14.7. The number of hydrogen-bond donors (Lipinski definition) is 2. The van der Waals surface area contributed by atoms with E-state index in [9.17, 15) is 9.59 Å². The number of carboxylic acid groups (broad SMARTS) is 1. The van der Waals surface area contributed by atoms with Crippen LogP contribution in [-0.2, 0) is 17.6 Å². The standard InChI is InChI=1S/C14H19N3O3/c1-8(14(19)20)7-17(2)13-10(12(15)18)6-9-4-3-5-11(9)16-13/h6,8H,3-5,7H2,1-2H3,(H2,15,18)(H,19,20). The van der Waals surface area contributed by atoms with Gasteiger partial charge >= 0.3 is 5.97 Å². The zero-order valence-electron chi connectivity index (χ0n) is 11.7. The number of fused-ring (bicyclic) bond motifs is 1. The lowest BCUT2D eigenvalue weighted by Gasteiger charge is -2.23. The van der Waals surface area contributed by atoms with E-state index in [1.807, 2.05) is 0 Å². The van der Waals surface area contributed by atoms with Crippen molar-refractivity contribution in [3.8, 4) is 0 Å². The summed E-state index contributed by atoms with van der Waals surface area (Å²) >= 11 is 0. The molecule has 0 bridgehead atoms. The van der Waals surface area contributed by atoms with Crippen LogP contribution in [0.3, 0.4) is 0 Å². The van der Waals surface area contributed by atoms with Gasteiger partial charge < -0.3 is 15.7 Å². The molecular formula is C14H19N3O3. The number of aromatic nitrogens is 1. The highest BCUT2D eigenvalue weighted by Crippen LogP contribution is 2.27. The molecule has 0 fully saturated rings. The summed E-state index contributed by atoms with van der Waals surface area (Å²) in [4.78, 5) is 28.7. The van der Waals surface area contributed by atoms with E-state index < -0.39 is 17.8 Å². The Hall–Kier alpha value is -2.11. The van der Waals surface area contributed by atoms with Crippen molar-refractivity contribution in [2.24, 2.45) is 11.7 Å². The van der Waals surface area contributed by atoms with Crippen LogP contribution < -0.4 is 10.6 Å². The number of carboxylic acids is 1. The van der Waals surface area contributed by atoms with Crippen LogP contribution in [0.1, 0.15) is 35.0 Å². The lowest BCUT2D eigenvalue weighted by atomic mass is 10.1. The van der Waals surface area contributed by atoms with Gasteiger partial charge in [-0.15, -0.1) is 0 Å². The summed E-state index contributed by atoms with van der Waals surface area (Å²) in [5, 5.41) is 8.97. The fourth-order valence-corrected chi connectivity index (χ4v) is 2.51. The molecule has 6 nitrogen and oxygen atoms in total. The Bertz CT molecular complexity index is 557. The number of nitrogens with zero attached hydrogens (tertiary/aromatic N) is 2. The zero-order chi connectivity index (χ0) is 14.9. The highest BCUT2D eigenvalue weighted by Gasteiger charge is 2.23. The van der Waals surface area contributed by atoms with Crippen molar-refractivity contribution >= 4 is 17.7 Å². The van der Waals surface area contributed by atoms with Crippen molar-refractivity contribution in [2.45, 2.75) is 26.2 Å². The molecule has 0 saturated heterocycles. The van der Waals surface area contributed by atoms with Gasteiger partial charge in [0.05, 0.1) is 11.5 Å². The van der Waals surface area contributed by atoms with E-state index in [2.05, 4.69) is 4.98 Å². The predicted octanol–water partition coefficient (Wildman–Crippen LogP) is 0.826. The first-order valence-corrected chi connectivity index (χ1v) is 6.66. The molecule has 0 aliphatic heterocycles. The molecule has 1 aliphatic carbocycles. The Labute approximate surface area is 117 Å². The second-order valence-electron chi connectivity index (χ2n) is 5.30. The number of anilines is 1. The molecule has 1 atom stereocenters. The predicted molar refractivity (Wildman–Crippen MR) is 74.8 cm³/mol. The molecule has 1 aliphatic rings. The topological polar surface area (TPSA) is 96.5 Å². The minimum atomic E-state index is -0.876. The molecular weight excluding hydrogens is 258 g/mol. The van der Waals surface area contributed by atoms with Crippen LogP contribution in [0.5, 0.6) is 0 Å². The summed E-state index contributed by atoms with van der Waals surface area (Å²) in [7, 11) is 1.73. The van der Waals surface area contributed by atoms with E-state index in [4.69, 9.17) is 10.8 Å². The number of primary amides is 1. The van der Waals surface area contributed by atoms with Gasteiger partial charge in [-0.2, -0.15) is 0 Å². The van der Waals surface area contributed by atoms with Gasteiger partial charge in [0.1, 0.15) is 5.82 Å². The molecule has 108 valence electrons. The van der Waals surface area contributed by atoms with Crippen molar-refractivity contribution in [3.63, 3.8) is 0 Å². The molecule has 1 heterocycles. The number of aliphatic carboxylic acids is 1. The van der Waals surface area contributed by atoms with Gasteiger partial charge in [-0.3, -0.25) is 9.59 Å². The summed E-state index contributed by atoms with van der Waals surface area (Å²) in [6, 6.07) is 1.80. The average molecular weight is 277 g/mol. The molecule has 0 aromatic carbocycles. The van der Waals surface area contributed by atoms with Crippen LogP contribution in [-0.4, -0.2) is 35.6 Å². The summed E-state index contributed by atoms with van der Waals surface area (Å²) in [5.74, 6) is -1.47. The lowest BCUT2D eigenvalue weighted by molar-refractivity contribution is -0.140. The fraction of sp³-hybridized carbons (Fsp3) is 0.500. The zero-order valence-corrected chi connectivity index (χ0v) is 11.7. The molecule has 2 rings (SSSR count). The first-order chi connectivity index (χ1) is 9.40. The van der Waals surface area contributed by atoms with Crippen molar-refractivity contribution in [3.05, 3.63) is 22.9 Å². The number of hydrogen-bond acceptors (Lipinski definition) is 4. The van der Waals surface area contributed by atoms with Gasteiger partial charge in [0.25, 0.3) is 5.91 Å². The summed E-state index contributed by atoms with van der Waals surface area (Å²) in [6.45, 7) is 1.90. The Morgan fingerprint density at radius 2 is 2.20 bits per heavy atom. The summed E-state index contributed by atoms with van der Waals surface area (Å²) < 4.78 is 0. The quantitative estimate of drug-likeness (QED) is 0.830. The Kier molecular flexibility index (Phi) is 3.92. The molecule has 0 saturated carbocycles. The molecule has 0 spiro atoms. The average Bonchev–Trinajstić information content (AvgIpc) is 2.83. The first kappa shape index (κ1) is 14.3. The molecule has 1 aromatic heterocycles. The molecule has 1 amide bonds. The third-order valence-electron chi connectivity index (χ3n) is 3.63. The molecule has 20 heavy (non-hydrogen) atoms. The van der Waals surface area contributed by atoms with E-state index in [-0.39, 0.29) is 6.54 Å². The van der Waals surface area contributed by atoms with Crippen molar-refractivity contribution < 1.29 is 14.7 Å². The van der Waals surface area contributed by atoms with Crippen LogP contribution in [0.4, 0.5) is 5.82 Å². The smallest absolute Gasteiger partial charge is 0.308 e. The number of carbonyl (C=O) groups excluding carboxylic acids is 1. The van der Waals surface area contributed by atoms with Crippen LogP contribution in [0.2, 0.25) is 0 Å². The van der Waals surface area contributed by atoms with E-state index in [0.717, 1.165) is 30.5 Å². The molecule has 1 unspecified atom stereocenters. The maximum absolute atomic E-state index is 11.6. The number of aryl methyl sites for hydroxylation is 2. The van der Waals surface area contributed by atoms with Crippen molar-refractivity contribution in [2.75, 3.05) is 18.5 Å². The van der Waals surface area contributed by atoms with Crippen LogP contribution in [0, 0.1) is 5.92 Å². The molecule has 0 radical (unpaired) electrons. The molecule has 1 aromatic rings. The maximum Gasteiger partial charge on any atom is 0.308 e. The van der Waals surface area contributed by atoms with E-state index in [1.54, 1.807) is 24.9 Å². The van der Waals surface area contributed by atoms with Gasteiger partial charge in [0.15, 0.2) is 0 Å². The number of rotatable bonds is 5. The lowest BCUT2D eigenvalue weighted by Crippen LogP contribution is -2.31. The van der Waals surface area contributed by atoms with Crippen LogP contribution >= 0.6 is 0 Å². The maximum atomic E-state index is 11.6. The number of carbonyl (C=O) groups is 2.